The van der Waals surface area contributed by atoms with E-state index in [-0.39, 0.29) is 23.8 Å². The maximum Gasteiger partial charge on any atom is 0.241 e. The van der Waals surface area contributed by atoms with Crippen LogP contribution in [0.2, 0.25) is 0 Å². The van der Waals surface area contributed by atoms with Gasteiger partial charge in [0, 0.05) is 10.2 Å². The Hall–Kier alpha value is -2.05. The number of rotatable bonds is 4. The molecule has 0 spiro atoms. The standard InChI is InChI=1S/C15H15BrN2O3/c16-10-2-1-3-11(8-10)18-15(21)12(17)6-9-4-5-13(19)14(20)7-9/h1-5,7-8,12,19-20H,6,17H2,(H,18,21)/t12-/m0/s1. The zero-order valence-corrected chi connectivity index (χ0v) is 12.7. The van der Waals surface area contributed by atoms with Crippen molar-refractivity contribution in [1.29, 1.82) is 0 Å². The molecule has 1 atom stereocenters. The Morgan fingerprint density at radius 3 is 2.62 bits per heavy atom. The van der Waals surface area contributed by atoms with Gasteiger partial charge >= 0.3 is 0 Å². The van der Waals surface area contributed by atoms with Crippen LogP contribution in [0.1, 0.15) is 5.56 Å². The summed E-state index contributed by atoms with van der Waals surface area (Å²) in [5, 5.41) is 21.4. The highest BCUT2D eigenvalue weighted by atomic mass is 79.9. The molecule has 0 aliphatic rings. The number of carbonyl (C=O) groups is 1. The third-order valence-electron chi connectivity index (χ3n) is 2.92. The lowest BCUT2D eigenvalue weighted by Crippen LogP contribution is -2.37. The highest BCUT2D eigenvalue weighted by Crippen LogP contribution is 2.25. The van der Waals surface area contributed by atoms with Crippen molar-refractivity contribution < 1.29 is 15.0 Å². The lowest BCUT2D eigenvalue weighted by atomic mass is 10.1. The van der Waals surface area contributed by atoms with Crippen LogP contribution in [-0.4, -0.2) is 22.2 Å². The molecule has 21 heavy (non-hydrogen) atoms. The number of carbonyl (C=O) groups excluding carboxylic acids is 1. The van der Waals surface area contributed by atoms with Crippen LogP contribution < -0.4 is 11.1 Å². The maximum absolute atomic E-state index is 12.0. The van der Waals surface area contributed by atoms with Gasteiger partial charge in [-0.25, -0.2) is 0 Å². The van der Waals surface area contributed by atoms with Gasteiger partial charge in [0.05, 0.1) is 6.04 Å². The van der Waals surface area contributed by atoms with E-state index in [0.717, 1.165) is 4.47 Å². The molecule has 0 aliphatic carbocycles. The first kappa shape index (κ1) is 15.3. The molecule has 1 amide bonds. The van der Waals surface area contributed by atoms with Crippen LogP contribution in [0.3, 0.4) is 0 Å². The van der Waals surface area contributed by atoms with E-state index in [1.807, 2.05) is 12.1 Å². The van der Waals surface area contributed by atoms with Crippen molar-refractivity contribution in [3.05, 3.63) is 52.5 Å². The van der Waals surface area contributed by atoms with E-state index in [2.05, 4.69) is 21.2 Å². The molecule has 6 heteroatoms. The van der Waals surface area contributed by atoms with Crippen molar-refractivity contribution in [3.8, 4) is 11.5 Å². The number of anilines is 1. The van der Waals surface area contributed by atoms with Gasteiger partial charge in [0.2, 0.25) is 5.91 Å². The van der Waals surface area contributed by atoms with E-state index in [0.29, 0.717) is 11.3 Å². The van der Waals surface area contributed by atoms with Gasteiger partial charge in [-0.1, -0.05) is 28.1 Å². The Labute approximate surface area is 130 Å². The summed E-state index contributed by atoms with van der Waals surface area (Å²) >= 11 is 3.32. The largest absolute Gasteiger partial charge is 0.504 e. The number of phenolic OH excluding ortho intramolecular Hbond substituents is 2. The molecule has 2 aromatic rings. The Bertz CT molecular complexity index is 661. The van der Waals surface area contributed by atoms with Crippen LogP contribution in [0.25, 0.3) is 0 Å². The molecule has 0 fully saturated rings. The van der Waals surface area contributed by atoms with Crippen molar-refractivity contribution in [2.24, 2.45) is 5.73 Å². The lowest BCUT2D eigenvalue weighted by Gasteiger charge is -2.13. The van der Waals surface area contributed by atoms with Gasteiger partial charge in [0.25, 0.3) is 0 Å². The number of hydrogen-bond acceptors (Lipinski definition) is 4. The van der Waals surface area contributed by atoms with Crippen molar-refractivity contribution >= 4 is 27.5 Å². The number of halogens is 1. The predicted octanol–water partition coefficient (Wildman–Crippen LogP) is 2.37. The van der Waals surface area contributed by atoms with Crippen LogP contribution in [0.4, 0.5) is 5.69 Å². The van der Waals surface area contributed by atoms with Gasteiger partial charge < -0.3 is 21.3 Å². The monoisotopic (exact) mass is 350 g/mol. The topological polar surface area (TPSA) is 95.6 Å². The fourth-order valence-corrected chi connectivity index (χ4v) is 2.24. The number of aromatic hydroxyl groups is 2. The number of nitrogens with two attached hydrogens (primary N) is 1. The van der Waals surface area contributed by atoms with Gasteiger partial charge in [-0.2, -0.15) is 0 Å². The maximum atomic E-state index is 12.0. The molecule has 0 unspecified atom stereocenters. The van der Waals surface area contributed by atoms with Crippen molar-refractivity contribution in [2.45, 2.75) is 12.5 Å². The van der Waals surface area contributed by atoms with Crippen LogP contribution in [0.15, 0.2) is 46.9 Å². The van der Waals surface area contributed by atoms with Crippen molar-refractivity contribution in [2.75, 3.05) is 5.32 Å². The second-order valence-electron chi connectivity index (χ2n) is 4.63. The molecule has 5 N–H and O–H groups in total. The van der Waals surface area contributed by atoms with E-state index in [1.54, 1.807) is 18.2 Å². The zero-order valence-electron chi connectivity index (χ0n) is 11.1. The van der Waals surface area contributed by atoms with Crippen LogP contribution in [0.5, 0.6) is 11.5 Å². The number of hydrogen-bond donors (Lipinski definition) is 4. The quantitative estimate of drug-likeness (QED) is 0.636. The zero-order chi connectivity index (χ0) is 15.4. The molecular formula is C15H15BrN2O3. The van der Waals surface area contributed by atoms with Crippen LogP contribution >= 0.6 is 15.9 Å². The molecule has 0 aliphatic heterocycles. The van der Waals surface area contributed by atoms with Gasteiger partial charge in [-0.15, -0.1) is 0 Å². The number of benzene rings is 2. The first-order valence-corrected chi connectivity index (χ1v) is 7.08. The first-order valence-electron chi connectivity index (χ1n) is 6.28. The molecule has 5 nitrogen and oxygen atoms in total. The summed E-state index contributed by atoms with van der Waals surface area (Å²) < 4.78 is 0.859. The smallest absolute Gasteiger partial charge is 0.241 e. The second-order valence-corrected chi connectivity index (χ2v) is 5.55. The molecule has 0 aromatic heterocycles. The number of amides is 1. The molecule has 110 valence electrons. The van der Waals surface area contributed by atoms with Gasteiger partial charge in [0.1, 0.15) is 0 Å². The Morgan fingerprint density at radius 2 is 1.95 bits per heavy atom. The van der Waals surface area contributed by atoms with Crippen molar-refractivity contribution in [1.82, 2.24) is 0 Å². The Kier molecular flexibility index (Phi) is 4.82. The van der Waals surface area contributed by atoms with Gasteiger partial charge in [-0.3, -0.25) is 4.79 Å². The first-order chi connectivity index (χ1) is 9.95. The van der Waals surface area contributed by atoms with Gasteiger partial charge in [0.15, 0.2) is 11.5 Å². The summed E-state index contributed by atoms with van der Waals surface area (Å²) in [5.74, 6) is -0.751. The molecule has 0 saturated carbocycles. The van der Waals surface area contributed by atoms with Gasteiger partial charge in [-0.05, 0) is 42.3 Å². The van der Waals surface area contributed by atoms with E-state index in [4.69, 9.17) is 5.73 Å². The second kappa shape index (κ2) is 6.60. The SMILES string of the molecule is N[C@@H](Cc1ccc(O)c(O)c1)C(=O)Nc1cccc(Br)c1. The fraction of sp³-hybridized carbons (Fsp3) is 0.133. The van der Waals surface area contributed by atoms with Crippen molar-refractivity contribution in [3.63, 3.8) is 0 Å². The van der Waals surface area contributed by atoms with Crippen LogP contribution in [0, 0.1) is 0 Å². The predicted molar refractivity (Wildman–Crippen MR) is 84.2 cm³/mol. The molecule has 2 rings (SSSR count). The average molecular weight is 351 g/mol. The number of nitrogens with one attached hydrogen (secondary N) is 1. The third kappa shape index (κ3) is 4.21. The van der Waals surface area contributed by atoms with E-state index in [1.165, 1.54) is 12.1 Å². The fourth-order valence-electron chi connectivity index (χ4n) is 1.84. The minimum absolute atomic E-state index is 0.203. The summed E-state index contributed by atoms with van der Waals surface area (Å²) in [5.41, 5.74) is 7.18. The molecule has 0 heterocycles. The van der Waals surface area contributed by atoms with Crippen LogP contribution in [-0.2, 0) is 11.2 Å². The van der Waals surface area contributed by atoms with E-state index >= 15 is 0 Å². The molecule has 2 aromatic carbocycles. The molecular weight excluding hydrogens is 336 g/mol. The minimum Gasteiger partial charge on any atom is -0.504 e. The molecule has 0 radical (unpaired) electrons. The average Bonchev–Trinajstić information content (AvgIpc) is 2.43. The third-order valence-corrected chi connectivity index (χ3v) is 3.42. The molecule has 0 bridgehead atoms. The summed E-state index contributed by atoms with van der Waals surface area (Å²) in [6.07, 6.45) is 0.258. The summed E-state index contributed by atoms with van der Waals surface area (Å²) in [7, 11) is 0. The summed E-state index contributed by atoms with van der Waals surface area (Å²) in [6, 6.07) is 10.8. The Morgan fingerprint density at radius 1 is 1.19 bits per heavy atom. The highest BCUT2D eigenvalue weighted by Gasteiger charge is 2.15. The number of phenols is 2. The minimum atomic E-state index is -0.757. The summed E-state index contributed by atoms with van der Waals surface area (Å²) in [4.78, 5) is 12.0. The Balaban J connectivity index is 2.00. The van der Waals surface area contributed by atoms with E-state index < -0.39 is 6.04 Å². The lowest BCUT2D eigenvalue weighted by molar-refractivity contribution is -0.117. The normalized spacial score (nSPS) is 11.9. The van der Waals surface area contributed by atoms with E-state index in [9.17, 15) is 15.0 Å². The summed E-state index contributed by atoms with van der Waals surface area (Å²) in [6.45, 7) is 0. The molecule has 0 saturated heterocycles. The highest BCUT2D eigenvalue weighted by molar-refractivity contribution is 9.10.